The van der Waals surface area contributed by atoms with Crippen LogP contribution in [0.2, 0.25) is 8.67 Å². The summed E-state index contributed by atoms with van der Waals surface area (Å²) in [5.74, 6) is -1.03. The summed E-state index contributed by atoms with van der Waals surface area (Å²) in [4.78, 5) is 11.9. The lowest BCUT2D eigenvalue weighted by Crippen LogP contribution is -1.97. The van der Waals surface area contributed by atoms with E-state index in [1.54, 1.807) is 13.0 Å². The van der Waals surface area contributed by atoms with Crippen molar-refractivity contribution in [2.24, 2.45) is 0 Å². The van der Waals surface area contributed by atoms with Gasteiger partial charge in [0.15, 0.2) is 0 Å². The molecule has 90 valence electrons. The summed E-state index contributed by atoms with van der Waals surface area (Å²) in [5.41, 5.74) is 7.51. The van der Waals surface area contributed by atoms with E-state index in [4.69, 9.17) is 34.0 Å². The number of hydrogen-bond acceptors (Lipinski definition) is 4. The van der Waals surface area contributed by atoms with Crippen molar-refractivity contribution in [3.8, 4) is 10.4 Å². The van der Waals surface area contributed by atoms with Crippen LogP contribution in [0.25, 0.3) is 10.4 Å². The van der Waals surface area contributed by atoms with Gasteiger partial charge in [0.2, 0.25) is 0 Å². The smallest absolute Gasteiger partial charge is 0.348 e. The van der Waals surface area contributed by atoms with Gasteiger partial charge in [-0.25, -0.2) is 4.79 Å². The Morgan fingerprint density at radius 2 is 2.06 bits per heavy atom. The van der Waals surface area contributed by atoms with Gasteiger partial charge in [0.1, 0.15) is 9.21 Å². The zero-order chi connectivity index (χ0) is 12.7. The maximum Gasteiger partial charge on any atom is 0.348 e. The predicted molar refractivity (Wildman–Crippen MR) is 73.8 cm³/mol. The highest BCUT2D eigenvalue weighted by Gasteiger charge is 2.21. The van der Waals surface area contributed by atoms with Crippen LogP contribution in [0.15, 0.2) is 6.07 Å². The maximum atomic E-state index is 11.0. The fourth-order valence-electron chi connectivity index (χ4n) is 1.44. The van der Waals surface area contributed by atoms with Crippen LogP contribution < -0.4 is 5.73 Å². The number of nitrogen functional groups attached to an aromatic ring is 1. The number of hydrogen-bond donors (Lipinski definition) is 2. The number of carbonyl (C=O) groups is 1. The van der Waals surface area contributed by atoms with Crippen LogP contribution in [-0.2, 0) is 0 Å². The number of rotatable bonds is 2. The van der Waals surface area contributed by atoms with Crippen LogP contribution in [-0.4, -0.2) is 11.1 Å². The molecule has 17 heavy (non-hydrogen) atoms. The SMILES string of the molecule is Cc1c(-c2cc(Cl)sc2Cl)sc(C(=O)O)c1N. The summed E-state index contributed by atoms with van der Waals surface area (Å²) in [6.07, 6.45) is 0. The van der Waals surface area contributed by atoms with E-state index in [1.165, 1.54) is 11.3 Å². The average molecular weight is 308 g/mol. The first kappa shape index (κ1) is 12.7. The van der Waals surface area contributed by atoms with Crippen molar-refractivity contribution in [1.29, 1.82) is 0 Å². The van der Waals surface area contributed by atoms with E-state index in [2.05, 4.69) is 0 Å². The molecule has 0 spiro atoms. The van der Waals surface area contributed by atoms with Crippen LogP contribution in [0.1, 0.15) is 15.2 Å². The van der Waals surface area contributed by atoms with Gasteiger partial charge >= 0.3 is 5.97 Å². The molecule has 2 heterocycles. The number of carboxylic acids is 1. The Kier molecular flexibility index (Phi) is 3.36. The van der Waals surface area contributed by atoms with Gasteiger partial charge in [0.05, 0.1) is 10.0 Å². The van der Waals surface area contributed by atoms with Gasteiger partial charge in [-0.3, -0.25) is 0 Å². The highest BCUT2D eigenvalue weighted by atomic mass is 35.5. The van der Waals surface area contributed by atoms with Gasteiger partial charge in [0.25, 0.3) is 0 Å². The molecular formula is C10H7Cl2NO2S2. The molecule has 3 N–H and O–H groups in total. The lowest BCUT2D eigenvalue weighted by atomic mass is 10.1. The van der Waals surface area contributed by atoms with Crippen molar-refractivity contribution >= 4 is 57.5 Å². The van der Waals surface area contributed by atoms with Crippen LogP contribution in [0.4, 0.5) is 5.69 Å². The molecule has 0 bridgehead atoms. The zero-order valence-electron chi connectivity index (χ0n) is 8.58. The van der Waals surface area contributed by atoms with E-state index in [0.29, 0.717) is 8.67 Å². The first-order valence-electron chi connectivity index (χ1n) is 4.49. The highest BCUT2D eigenvalue weighted by molar-refractivity contribution is 7.22. The van der Waals surface area contributed by atoms with Crippen molar-refractivity contribution in [2.45, 2.75) is 6.92 Å². The molecular weight excluding hydrogens is 301 g/mol. The molecule has 0 saturated heterocycles. The minimum absolute atomic E-state index is 0.135. The molecule has 0 aliphatic rings. The molecule has 2 aromatic heterocycles. The summed E-state index contributed by atoms with van der Waals surface area (Å²) < 4.78 is 1.10. The Morgan fingerprint density at radius 1 is 1.41 bits per heavy atom. The van der Waals surface area contributed by atoms with Gasteiger partial charge in [-0.15, -0.1) is 22.7 Å². The van der Waals surface area contributed by atoms with Crippen molar-refractivity contribution < 1.29 is 9.90 Å². The molecule has 0 amide bonds. The van der Waals surface area contributed by atoms with Crippen molar-refractivity contribution in [1.82, 2.24) is 0 Å². The minimum Gasteiger partial charge on any atom is -0.477 e. The standard InChI is InChI=1S/C10H7Cl2NO2S2/c1-3-6(13)8(10(14)15)17-7(3)4-2-5(11)16-9(4)12/h2H,13H2,1H3,(H,14,15). The van der Waals surface area contributed by atoms with Crippen molar-refractivity contribution in [3.63, 3.8) is 0 Å². The number of carboxylic acid groups (broad SMARTS) is 1. The Hall–Kier alpha value is -0.750. The third kappa shape index (κ3) is 2.15. The van der Waals surface area contributed by atoms with Gasteiger partial charge in [-0.2, -0.15) is 0 Å². The molecule has 3 nitrogen and oxygen atoms in total. The summed E-state index contributed by atoms with van der Waals surface area (Å²) in [6, 6.07) is 1.72. The number of halogens is 2. The second-order valence-electron chi connectivity index (χ2n) is 3.34. The van der Waals surface area contributed by atoms with Crippen LogP contribution in [0.3, 0.4) is 0 Å². The second kappa shape index (κ2) is 4.49. The predicted octanol–water partition coefficient (Wildman–Crippen LogP) is 4.37. The fourth-order valence-corrected chi connectivity index (χ4v) is 4.12. The van der Waals surface area contributed by atoms with Gasteiger partial charge in [-0.05, 0) is 18.6 Å². The average Bonchev–Trinajstić information content (AvgIpc) is 2.70. The molecule has 2 rings (SSSR count). The molecule has 0 atom stereocenters. The molecule has 0 aliphatic carbocycles. The Morgan fingerprint density at radius 3 is 2.47 bits per heavy atom. The number of thiophene rings is 2. The lowest BCUT2D eigenvalue weighted by molar-refractivity contribution is 0.0703. The van der Waals surface area contributed by atoms with Crippen LogP contribution in [0.5, 0.6) is 0 Å². The second-order valence-corrected chi connectivity index (χ2v) is 6.65. The molecule has 0 fully saturated rings. The van der Waals surface area contributed by atoms with Crippen molar-refractivity contribution in [3.05, 3.63) is 25.2 Å². The molecule has 0 aliphatic heterocycles. The molecule has 7 heteroatoms. The van der Waals surface area contributed by atoms with Crippen LogP contribution >= 0.6 is 45.9 Å². The van der Waals surface area contributed by atoms with E-state index in [9.17, 15) is 4.79 Å². The van der Waals surface area contributed by atoms with Gasteiger partial charge in [-0.1, -0.05) is 23.2 Å². The Balaban J connectivity index is 2.65. The summed E-state index contributed by atoms with van der Waals surface area (Å²) in [5, 5.41) is 9.00. The minimum atomic E-state index is -1.03. The number of anilines is 1. The lowest BCUT2D eigenvalue weighted by Gasteiger charge is -1.96. The third-order valence-electron chi connectivity index (χ3n) is 2.29. The van der Waals surface area contributed by atoms with E-state index in [1.807, 2.05) is 0 Å². The Labute approximate surface area is 115 Å². The zero-order valence-corrected chi connectivity index (χ0v) is 11.7. The quantitative estimate of drug-likeness (QED) is 0.865. The highest BCUT2D eigenvalue weighted by Crippen LogP contribution is 2.45. The normalized spacial score (nSPS) is 10.8. The van der Waals surface area contributed by atoms with E-state index in [0.717, 1.165) is 27.3 Å². The fraction of sp³-hybridized carbons (Fsp3) is 0.100. The molecule has 0 aromatic carbocycles. The third-order valence-corrected chi connectivity index (χ3v) is 5.11. The monoisotopic (exact) mass is 307 g/mol. The first-order valence-corrected chi connectivity index (χ1v) is 6.88. The first-order chi connectivity index (χ1) is 7.91. The molecule has 0 saturated carbocycles. The number of nitrogens with two attached hydrogens (primary N) is 1. The van der Waals surface area contributed by atoms with Crippen molar-refractivity contribution in [2.75, 3.05) is 5.73 Å². The Bertz CT molecular complexity index is 604. The summed E-state index contributed by atoms with van der Waals surface area (Å²) in [7, 11) is 0. The van der Waals surface area contributed by atoms with E-state index < -0.39 is 5.97 Å². The topological polar surface area (TPSA) is 63.3 Å². The summed E-state index contributed by atoms with van der Waals surface area (Å²) >= 11 is 14.3. The molecule has 0 unspecified atom stereocenters. The van der Waals surface area contributed by atoms with Gasteiger partial charge < -0.3 is 10.8 Å². The number of aromatic carboxylic acids is 1. The molecule has 2 aromatic rings. The van der Waals surface area contributed by atoms with E-state index in [-0.39, 0.29) is 10.6 Å². The maximum absolute atomic E-state index is 11.0. The van der Waals surface area contributed by atoms with E-state index >= 15 is 0 Å². The molecule has 0 radical (unpaired) electrons. The summed E-state index contributed by atoms with van der Waals surface area (Å²) in [6.45, 7) is 1.77. The largest absolute Gasteiger partial charge is 0.477 e. The van der Waals surface area contributed by atoms with Crippen LogP contribution in [0, 0.1) is 6.92 Å². The van der Waals surface area contributed by atoms with Gasteiger partial charge in [0, 0.05) is 10.4 Å².